The largest absolute Gasteiger partial charge is 0.462 e. The van der Waals surface area contributed by atoms with E-state index in [4.69, 9.17) is 14.2 Å². The van der Waals surface area contributed by atoms with E-state index >= 15 is 0 Å². The van der Waals surface area contributed by atoms with Crippen LogP contribution in [-0.2, 0) is 28.6 Å². The van der Waals surface area contributed by atoms with Gasteiger partial charge in [-0.3, -0.25) is 14.4 Å². The summed E-state index contributed by atoms with van der Waals surface area (Å²) in [5.41, 5.74) is 0. The zero-order valence-electron chi connectivity index (χ0n) is 50.1. The van der Waals surface area contributed by atoms with Crippen molar-refractivity contribution >= 4 is 17.9 Å². The highest BCUT2D eigenvalue weighted by molar-refractivity contribution is 5.71. The number of rotatable bonds is 55. The lowest BCUT2D eigenvalue weighted by Gasteiger charge is -2.18. The Kier molecular flexibility index (Phi) is 60.4. The van der Waals surface area contributed by atoms with E-state index in [1.54, 1.807) is 0 Å². The molecule has 78 heavy (non-hydrogen) atoms. The molecule has 6 nitrogen and oxygen atoms in total. The quantitative estimate of drug-likeness (QED) is 0.0261. The zero-order valence-corrected chi connectivity index (χ0v) is 50.1. The summed E-state index contributed by atoms with van der Waals surface area (Å²) in [4.78, 5) is 38.3. The van der Waals surface area contributed by atoms with E-state index in [2.05, 4.69) is 179 Å². The Morgan fingerprint density at radius 2 is 0.500 bits per heavy atom. The monoisotopic (exact) mass is 1070 g/mol. The van der Waals surface area contributed by atoms with Crippen LogP contribution in [0.4, 0.5) is 0 Å². The zero-order chi connectivity index (χ0) is 56.4. The van der Waals surface area contributed by atoms with Crippen molar-refractivity contribution in [2.24, 2.45) is 0 Å². The minimum Gasteiger partial charge on any atom is -0.462 e. The van der Waals surface area contributed by atoms with Crippen LogP contribution in [0.1, 0.15) is 258 Å². The number of esters is 3. The number of ether oxygens (including phenoxy) is 3. The first-order chi connectivity index (χ1) is 38.5. The predicted octanol–water partition coefficient (Wildman–Crippen LogP) is 21.7. The SMILES string of the molecule is CC/C=C\C/C=C\C/C=C\C/C=C\C/C=C\C/C=C\C/C=C\CCCCCCCC(=O)OCC(COC(=O)CCCCCCCCCCCCCC)OC(=O)CCCC/C=C\C/C=C\C/C=C\C/C=C\C/C=C\C/C=C\CC. The number of hydrogen-bond acceptors (Lipinski definition) is 6. The van der Waals surface area contributed by atoms with Crippen LogP contribution >= 0.6 is 0 Å². The molecule has 1 unspecified atom stereocenters. The van der Waals surface area contributed by atoms with Gasteiger partial charge < -0.3 is 14.2 Å². The normalized spacial score (nSPS) is 13.2. The van der Waals surface area contributed by atoms with Crippen LogP contribution in [0.2, 0.25) is 0 Å². The van der Waals surface area contributed by atoms with Crippen molar-refractivity contribution in [3.63, 3.8) is 0 Å². The molecule has 0 fully saturated rings. The van der Waals surface area contributed by atoms with Crippen molar-refractivity contribution in [1.29, 1.82) is 0 Å². The van der Waals surface area contributed by atoms with Gasteiger partial charge in [-0.25, -0.2) is 0 Å². The number of allylic oxidation sites excluding steroid dienone is 26. The molecule has 0 aromatic heterocycles. The number of carbonyl (C=O) groups is 3. The van der Waals surface area contributed by atoms with Crippen molar-refractivity contribution in [3.05, 3.63) is 158 Å². The molecule has 0 heterocycles. The molecule has 0 spiro atoms. The van der Waals surface area contributed by atoms with E-state index < -0.39 is 6.10 Å². The number of hydrogen-bond donors (Lipinski definition) is 0. The fourth-order valence-electron chi connectivity index (χ4n) is 8.13. The summed E-state index contributed by atoms with van der Waals surface area (Å²) < 4.78 is 16.8. The van der Waals surface area contributed by atoms with Crippen LogP contribution in [0, 0.1) is 0 Å². The van der Waals surface area contributed by atoms with Gasteiger partial charge in [0.05, 0.1) is 0 Å². The Morgan fingerprint density at radius 1 is 0.269 bits per heavy atom. The first kappa shape index (κ1) is 73.0. The number of carbonyl (C=O) groups excluding carboxylic acids is 3. The van der Waals surface area contributed by atoms with Gasteiger partial charge in [-0.05, 0) is 128 Å². The highest BCUT2D eigenvalue weighted by Crippen LogP contribution is 2.14. The molecule has 0 bridgehead atoms. The molecule has 1 atom stereocenters. The van der Waals surface area contributed by atoms with Crippen LogP contribution in [0.3, 0.4) is 0 Å². The Hall–Kier alpha value is -4.97. The summed E-state index contributed by atoms with van der Waals surface area (Å²) in [5, 5.41) is 0. The third kappa shape index (κ3) is 61.9. The minimum atomic E-state index is -0.817. The number of unbranched alkanes of at least 4 members (excludes halogenated alkanes) is 18. The Bertz CT molecular complexity index is 1760. The van der Waals surface area contributed by atoms with Gasteiger partial charge in [0.25, 0.3) is 0 Å². The van der Waals surface area contributed by atoms with E-state index in [9.17, 15) is 14.4 Å². The standard InChI is InChI=1S/C72H114O6/c1-4-7-10-13-16-19-22-25-27-29-31-33-34-35-36-37-38-40-41-43-45-47-50-53-56-59-62-65-71(74)77-68-69(67-76-70(73)64-61-58-55-52-49-24-21-18-15-12-9-6-3)78-72(75)66-63-60-57-54-51-48-46-44-42-39-32-30-28-26-23-20-17-14-11-8-5-2/h7-8,10-11,16-17,19-20,25-28,31-33,35-36,38-40,43-46,51,54,69H,4-6,9,12-15,18,21-24,29-30,34,37,41-42,47-50,52-53,55-68H2,1-3H3/b10-7-,11-8-,19-16-,20-17-,27-25-,28-26-,33-31-,36-35-,39-32-,40-38-,45-43-,46-44-,54-51-. The van der Waals surface area contributed by atoms with Gasteiger partial charge in [-0.2, -0.15) is 0 Å². The van der Waals surface area contributed by atoms with E-state index in [-0.39, 0.29) is 37.5 Å². The van der Waals surface area contributed by atoms with E-state index in [1.807, 2.05) is 0 Å². The Balaban J connectivity index is 4.47. The van der Waals surface area contributed by atoms with Gasteiger partial charge >= 0.3 is 17.9 Å². The fourth-order valence-corrected chi connectivity index (χ4v) is 8.13. The second kappa shape index (κ2) is 64.6. The van der Waals surface area contributed by atoms with Gasteiger partial charge in [0.2, 0.25) is 0 Å². The topological polar surface area (TPSA) is 78.9 Å². The van der Waals surface area contributed by atoms with Crippen molar-refractivity contribution in [2.45, 2.75) is 264 Å². The lowest BCUT2D eigenvalue weighted by atomic mass is 10.0. The highest BCUT2D eigenvalue weighted by atomic mass is 16.6. The summed E-state index contributed by atoms with van der Waals surface area (Å²) in [6.07, 6.45) is 93.8. The summed E-state index contributed by atoms with van der Waals surface area (Å²) in [5.74, 6) is -0.974. The van der Waals surface area contributed by atoms with Crippen LogP contribution in [-0.4, -0.2) is 37.2 Å². The highest BCUT2D eigenvalue weighted by Gasteiger charge is 2.19. The molecule has 0 aliphatic carbocycles. The predicted molar refractivity (Wildman–Crippen MR) is 338 cm³/mol. The van der Waals surface area contributed by atoms with Crippen LogP contribution in [0.5, 0.6) is 0 Å². The molecule has 0 saturated heterocycles. The van der Waals surface area contributed by atoms with Gasteiger partial charge in [0.15, 0.2) is 6.10 Å². The summed E-state index contributed by atoms with van der Waals surface area (Å²) in [6.45, 7) is 6.35. The molecule has 0 radical (unpaired) electrons. The van der Waals surface area contributed by atoms with Crippen molar-refractivity contribution < 1.29 is 28.6 Å². The van der Waals surface area contributed by atoms with Crippen LogP contribution < -0.4 is 0 Å². The van der Waals surface area contributed by atoms with Crippen molar-refractivity contribution in [2.75, 3.05) is 13.2 Å². The third-order valence-corrected chi connectivity index (χ3v) is 12.8. The molecule has 0 rings (SSSR count). The average Bonchev–Trinajstić information content (AvgIpc) is 3.44. The van der Waals surface area contributed by atoms with E-state index in [0.29, 0.717) is 19.3 Å². The molecule has 0 aromatic carbocycles. The molecule has 0 N–H and O–H groups in total. The maximum atomic E-state index is 12.9. The molecular weight excluding hydrogens is 961 g/mol. The second-order valence-electron chi connectivity index (χ2n) is 20.2. The summed E-state index contributed by atoms with van der Waals surface area (Å²) >= 11 is 0. The lowest BCUT2D eigenvalue weighted by Crippen LogP contribution is -2.30. The second-order valence-corrected chi connectivity index (χ2v) is 20.2. The van der Waals surface area contributed by atoms with Gasteiger partial charge in [0.1, 0.15) is 13.2 Å². The molecule has 438 valence electrons. The first-order valence-electron chi connectivity index (χ1n) is 31.5. The molecule has 0 aromatic rings. The maximum absolute atomic E-state index is 12.9. The molecule has 0 aliphatic rings. The van der Waals surface area contributed by atoms with E-state index in [1.165, 1.54) is 57.8 Å². The molecule has 0 amide bonds. The molecule has 0 aliphatic heterocycles. The van der Waals surface area contributed by atoms with Crippen molar-refractivity contribution in [1.82, 2.24) is 0 Å². The smallest absolute Gasteiger partial charge is 0.306 e. The third-order valence-electron chi connectivity index (χ3n) is 12.8. The summed E-state index contributed by atoms with van der Waals surface area (Å²) in [6, 6.07) is 0. The lowest BCUT2D eigenvalue weighted by molar-refractivity contribution is -0.167. The molecule has 6 heteroatoms. The first-order valence-corrected chi connectivity index (χ1v) is 31.5. The Morgan fingerprint density at radius 3 is 0.808 bits per heavy atom. The average molecular weight is 1080 g/mol. The van der Waals surface area contributed by atoms with Gasteiger partial charge in [0, 0.05) is 19.3 Å². The van der Waals surface area contributed by atoms with E-state index in [0.717, 1.165) is 154 Å². The summed E-state index contributed by atoms with van der Waals surface area (Å²) in [7, 11) is 0. The molecule has 0 saturated carbocycles. The van der Waals surface area contributed by atoms with Crippen molar-refractivity contribution in [3.8, 4) is 0 Å². The van der Waals surface area contributed by atoms with Gasteiger partial charge in [-0.15, -0.1) is 0 Å². The van der Waals surface area contributed by atoms with Gasteiger partial charge in [-0.1, -0.05) is 269 Å². The maximum Gasteiger partial charge on any atom is 0.306 e. The van der Waals surface area contributed by atoms with Crippen LogP contribution in [0.15, 0.2) is 158 Å². The Labute approximate surface area is 480 Å². The van der Waals surface area contributed by atoms with Crippen LogP contribution in [0.25, 0.3) is 0 Å². The minimum absolute atomic E-state index is 0.107. The molecular formula is C72H114O6. The fraction of sp³-hybridized carbons (Fsp3) is 0.597.